The number of carbonyl (C=O) groups excluding carboxylic acids is 1. The summed E-state index contributed by atoms with van der Waals surface area (Å²) >= 11 is 0. The molecule has 0 aliphatic carbocycles. The summed E-state index contributed by atoms with van der Waals surface area (Å²) in [4.78, 5) is 21.6. The third-order valence-corrected chi connectivity index (χ3v) is 2.40. The van der Waals surface area contributed by atoms with Gasteiger partial charge in [0.2, 0.25) is 5.91 Å². The number of carbonyl (C=O) groups is 2. The Kier molecular flexibility index (Phi) is 4.26. The molecule has 4 heteroatoms. The van der Waals surface area contributed by atoms with Gasteiger partial charge in [-0.3, -0.25) is 4.79 Å². The van der Waals surface area contributed by atoms with Crippen LogP contribution in [-0.2, 0) is 15.0 Å². The first-order chi connectivity index (χ1) is 8.29. The number of rotatable bonds is 3. The van der Waals surface area contributed by atoms with Gasteiger partial charge < -0.3 is 10.4 Å². The maximum absolute atomic E-state index is 11.3. The quantitative estimate of drug-likeness (QED) is 0.807. The molecule has 2 N–H and O–H groups in total. The Morgan fingerprint density at radius 3 is 2.11 bits per heavy atom. The molecule has 0 aliphatic rings. The summed E-state index contributed by atoms with van der Waals surface area (Å²) in [5.74, 6) is -1.60. The first-order valence-corrected chi connectivity index (χ1v) is 5.61. The number of carboxylic acid groups (broad SMARTS) is 1. The molecule has 1 aromatic rings. The number of amides is 1. The van der Waals surface area contributed by atoms with Crippen LogP contribution in [0.5, 0.6) is 0 Å². The minimum Gasteiger partial charge on any atom is -0.478 e. The van der Waals surface area contributed by atoms with Crippen molar-refractivity contribution in [3.05, 3.63) is 42.0 Å². The normalized spacial score (nSPS) is 11.5. The lowest BCUT2D eigenvalue weighted by Gasteiger charge is -2.19. The number of hydrogen-bond donors (Lipinski definition) is 2. The van der Waals surface area contributed by atoms with E-state index in [0.717, 1.165) is 12.2 Å². The summed E-state index contributed by atoms with van der Waals surface area (Å²) in [5, 5.41) is 11.0. The van der Waals surface area contributed by atoms with E-state index in [0.29, 0.717) is 5.69 Å². The molecule has 0 fully saturated rings. The van der Waals surface area contributed by atoms with Gasteiger partial charge in [0, 0.05) is 17.8 Å². The number of hydrogen-bond acceptors (Lipinski definition) is 2. The van der Waals surface area contributed by atoms with Gasteiger partial charge in [0.05, 0.1) is 0 Å². The van der Waals surface area contributed by atoms with Crippen molar-refractivity contribution < 1.29 is 14.7 Å². The highest BCUT2D eigenvalue weighted by atomic mass is 16.4. The molecule has 0 unspecified atom stereocenters. The van der Waals surface area contributed by atoms with Crippen molar-refractivity contribution in [2.24, 2.45) is 0 Å². The summed E-state index contributed by atoms with van der Waals surface area (Å²) in [7, 11) is 0. The topological polar surface area (TPSA) is 66.4 Å². The smallest absolute Gasteiger partial charge is 0.328 e. The predicted molar refractivity (Wildman–Crippen MR) is 70.5 cm³/mol. The number of aliphatic carboxylic acids is 1. The second kappa shape index (κ2) is 5.49. The zero-order valence-electron chi connectivity index (χ0n) is 10.7. The molecule has 0 aromatic heterocycles. The summed E-state index contributed by atoms with van der Waals surface area (Å²) in [6.07, 6.45) is 1.79. The van der Waals surface area contributed by atoms with E-state index in [9.17, 15) is 9.59 Å². The molecule has 0 bridgehead atoms. The molecular formula is C14H17NO3. The molecule has 4 nitrogen and oxygen atoms in total. The summed E-state index contributed by atoms with van der Waals surface area (Å²) in [6, 6.07) is 7.48. The fraction of sp³-hybridized carbons (Fsp3) is 0.286. The van der Waals surface area contributed by atoms with Gasteiger partial charge in [-0.15, -0.1) is 0 Å². The van der Waals surface area contributed by atoms with E-state index in [1.165, 1.54) is 5.56 Å². The Hall–Kier alpha value is -2.10. The van der Waals surface area contributed by atoms with Crippen LogP contribution in [0, 0.1) is 0 Å². The van der Waals surface area contributed by atoms with E-state index in [1.54, 1.807) is 12.1 Å². The highest BCUT2D eigenvalue weighted by Crippen LogP contribution is 2.23. The van der Waals surface area contributed by atoms with Crippen LogP contribution >= 0.6 is 0 Å². The van der Waals surface area contributed by atoms with Crippen LogP contribution in [-0.4, -0.2) is 17.0 Å². The van der Waals surface area contributed by atoms with Crippen LogP contribution in [0.1, 0.15) is 26.3 Å². The molecule has 0 radical (unpaired) electrons. The van der Waals surface area contributed by atoms with Gasteiger partial charge in [0.25, 0.3) is 0 Å². The lowest BCUT2D eigenvalue weighted by molar-refractivity contribution is -0.131. The average molecular weight is 247 g/mol. The molecule has 18 heavy (non-hydrogen) atoms. The number of anilines is 1. The highest BCUT2D eigenvalue weighted by Gasteiger charge is 2.12. The van der Waals surface area contributed by atoms with Gasteiger partial charge in [-0.2, -0.15) is 0 Å². The van der Waals surface area contributed by atoms with Crippen molar-refractivity contribution in [2.45, 2.75) is 26.2 Å². The fourth-order valence-electron chi connectivity index (χ4n) is 1.38. The Bertz CT molecular complexity index is 467. The molecule has 1 aromatic carbocycles. The van der Waals surface area contributed by atoms with Crippen LogP contribution in [0.4, 0.5) is 5.69 Å². The van der Waals surface area contributed by atoms with Crippen LogP contribution in [0.2, 0.25) is 0 Å². The standard InChI is InChI=1S/C14H17NO3/c1-14(2,3)10-4-6-11(7-5-10)15-12(16)8-9-13(17)18/h4-9H,1-3H3,(H,15,16)(H,17,18). The minimum atomic E-state index is -1.15. The van der Waals surface area contributed by atoms with Gasteiger partial charge in [-0.25, -0.2) is 4.79 Å². The molecule has 1 amide bonds. The van der Waals surface area contributed by atoms with Crippen LogP contribution in [0.25, 0.3) is 0 Å². The molecule has 0 saturated heterocycles. The van der Waals surface area contributed by atoms with Crippen molar-refractivity contribution in [1.29, 1.82) is 0 Å². The van der Waals surface area contributed by atoms with Crippen LogP contribution in [0.3, 0.4) is 0 Å². The Morgan fingerprint density at radius 1 is 1.11 bits per heavy atom. The first-order valence-electron chi connectivity index (χ1n) is 5.61. The SMILES string of the molecule is CC(C)(C)c1ccc(NC(=O)C=CC(=O)O)cc1. The van der Waals surface area contributed by atoms with Crippen molar-refractivity contribution in [3.8, 4) is 0 Å². The van der Waals surface area contributed by atoms with Gasteiger partial charge >= 0.3 is 5.97 Å². The monoisotopic (exact) mass is 247 g/mol. The molecule has 0 heterocycles. The van der Waals surface area contributed by atoms with Crippen molar-refractivity contribution in [2.75, 3.05) is 5.32 Å². The summed E-state index contributed by atoms with van der Waals surface area (Å²) in [6.45, 7) is 6.32. The molecule has 0 atom stereocenters. The molecule has 96 valence electrons. The number of nitrogens with one attached hydrogen (secondary N) is 1. The average Bonchev–Trinajstić information content (AvgIpc) is 2.26. The first kappa shape index (κ1) is 14.0. The summed E-state index contributed by atoms with van der Waals surface area (Å²) < 4.78 is 0. The maximum atomic E-state index is 11.3. The van der Waals surface area contributed by atoms with Crippen LogP contribution in [0.15, 0.2) is 36.4 Å². The second-order valence-electron chi connectivity index (χ2n) is 4.99. The van der Waals surface area contributed by atoms with E-state index in [1.807, 2.05) is 12.1 Å². The molecule has 0 aliphatic heterocycles. The van der Waals surface area contributed by atoms with E-state index >= 15 is 0 Å². The lowest BCUT2D eigenvalue weighted by atomic mass is 9.87. The zero-order chi connectivity index (χ0) is 13.8. The Labute approximate surface area is 106 Å². The molecule has 0 spiro atoms. The number of benzene rings is 1. The molecular weight excluding hydrogens is 230 g/mol. The van der Waals surface area contributed by atoms with E-state index in [-0.39, 0.29) is 5.41 Å². The fourth-order valence-corrected chi connectivity index (χ4v) is 1.38. The van der Waals surface area contributed by atoms with Gasteiger partial charge in [-0.05, 0) is 23.1 Å². The minimum absolute atomic E-state index is 0.0613. The number of carboxylic acids is 1. The second-order valence-corrected chi connectivity index (χ2v) is 4.99. The molecule has 0 saturated carbocycles. The third-order valence-electron chi connectivity index (χ3n) is 2.40. The van der Waals surface area contributed by atoms with Crippen LogP contribution < -0.4 is 5.32 Å². The summed E-state index contributed by atoms with van der Waals surface area (Å²) in [5.41, 5.74) is 1.87. The van der Waals surface area contributed by atoms with Gasteiger partial charge in [0.15, 0.2) is 0 Å². The molecule has 1 rings (SSSR count). The van der Waals surface area contributed by atoms with Crippen molar-refractivity contribution in [3.63, 3.8) is 0 Å². The van der Waals surface area contributed by atoms with Crippen molar-refractivity contribution >= 4 is 17.6 Å². The van der Waals surface area contributed by atoms with E-state index in [2.05, 4.69) is 26.1 Å². The Morgan fingerprint density at radius 2 is 1.67 bits per heavy atom. The van der Waals surface area contributed by atoms with E-state index < -0.39 is 11.9 Å². The van der Waals surface area contributed by atoms with Crippen molar-refractivity contribution in [1.82, 2.24) is 0 Å². The maximum Gasteiger partial charge on any atom is 0.328 e. The Balaban J connectivity index is 2.70. The third kappa shape index (κ3) is 4.41. The lowest BCUT2D eigenvalue weighted by Crippen LogP contribution is -2.12. The van der Waals surface area contributed by atoms with Gasteiger partial charge in [0.1, 0.15) is 0 Å². The largest absolute Gasteiger partial charge is 0.478 e. The zero-order valence-corrected chi connectivity index (χ0v) is 10.7. The highest BCUT2D eigenvalue weighted by molar-refractivity contribution is 6.02. The predicted octanol–water partition coefficient (Wildman–Crippen LogP) is 2.56. The van der Waals surface area contributed by atoms with E-state index in [4.69, 9.17) is 5.11 Å². The van der Waals surface area contributed by atoms with Gasteiger partial charge in [-0.1, -0.05) is 32.9 Å².